The van der Waals surface area contributed by atoms with Crippen LogP contribution in [0.5, 0.6) is 5.75 Å². The van der Waals surface area contributed by atoms with Gasteiger partial charge in [-0.05, 0) is 61.3 Å². The molecule has 2 unspecified atom stereocenters. The highest BCUT2D eigenvalue weighted by Gasteiger charge is 2.45. The van der Waals surface area contributed by atoms with Gasteiger partial charge in [0.2, 0.25) is 29.5 Å². The van der Waals surface area contributed by atoms with Crippen molar-refractivity contribution < 1.29 is 43.3 Å². The van der Waals surface area contributed by atoms with Crippen molar-refractivity contribution in [1.82, 2.24) is 31.1 Å². The third-order valence-electron chi connectivity index (χ3n) is 11.1. The molecule has 316 valence electrons. The number of rotatable bonds is 12. The van der Waals surface area contributed by atoms with Gasteiger partial charge in [-0.2, -0.15) is 0 Å². The van der Waals surface area contributed by atoms with Crippen molar-refractivity contribution in [3.63, 3.8) is 0 Å². The fraction of sp³-hybridized carbons (Fsp3) is 0.581. The first kappa shape index (κ1) is 44.1. The Labute approximate surface area is 340 Å². The van der Waals surface area contributed by atoms with Gasteiger partial charge in [-0.15, -0.1) is 0 Å². The molecule has 6 amide bonds. The molecule has 1 saturated carbocycles. The molecule has 0 spiro atoms. The molecule has 1 aliphatic carbocycles. The van der Waals surface area contributed by atoms with E-state index in [9.17, 15) is 33.9 Å². The molecule has 2 aliphatic heterocycles. The number of benzene rings is 2. The van der Waals surface area contributed by atoms with Gasteiger partial charge < -0.3 is 45.6 Å². The Hall–Kier alpha value is -5.02. The first-order chi connectivity index (χ1) is 27.9. The second kappa shape index (κ2) is 21.7. The average Bonchev–Trinajstić information content (AvgIpc) is 3.66. The number of hydrogen-bond donors (Lipinski definition) is 5. The summed E-state index contributed by atoms with van der Waals surface area (Å²) in [7, 11) is 3.15. The zero-order valence-electron chi connectivity index (χ0n) is 34.0. The van der Waals surface area contributed by atoms with E-state index in [-0.39, 0.29) is 49.4 Å². The number of ether oxygens (including phenoxy) is 2. The Balaban J connectivity index is 1.28. The summed E-state index contributed by atoms with van der Waals surface area (Å²) in [4.78, 5) is 84.3. The van der Waals surface area contributed by atoms with Crippen LogP contribution in [0.1, 0.15) is 88.3 Å². The Morgan fingerprint density at radius 2 is 1.69 bits per heavy atom. The normalized spacial score (nSPS) is 22.3. The molecule has 15 heteroatoms. The molecule has 1 saturated heterocycles. The van der Waals surface area contributed by atoms with E-state index in [1.165, 1.54) is 9.80 Å². The number of nitrogens with one attached hydrogen (secondary N) is 4. The summed E-state index contributed by atoms with van der Waals surface area (Å²) in [6.07, 6.45) is 4.66. The average molecular weight is 805 g/mol. The molecule has 15 nitrogen and oxygen atoms in total. The van der Waals surface area contributed by atoms with Crippen molar-refractivity contribution in [2.45, 2.75) is 114 Å². The highest BCUT2D eigenvalue weighted by atomic mass is 16.5. The van der Waals surface area contributed by atoms with Crippen LogP contribution in [0.4, 0.5) is 0 Å². The Morgan fingerprint density at radius 1 is 0.948 bits per heavy atom. The number of carbonyl (C=O) groups excluding carboxylic acids is 6. The molecule has 5 N–H and O–H groups in total. The molecular weight excluding hydrogens is 745 g/mol. The first-order valence-electron chi connectivity index (χ1n) is 20.7. The smallest absolute Gasteiger partial charge is 0.251 e. The maximum atomic E-state index is 14.6. The van der Waals surface area contributed by atoms with Crippen LogP contribution in [0.15, 0.2) is 54.6 Å². The van der Waals surface area contributed by atoms with Gasteiger partial charge in [0.15, 0.2) is 6.10 Å². The fourth-order valence-electron chi connectivity index (χ4n) is 7.99. The molecule has 2 fully saturated rings. The number of carbonyl (C=O) groups is 6. The van der Waals surface area contributed by atoms with Gasteiger partial charge in [-0.25, -0.2) is 0 Å². The Bertz CT molecular complexity index is 1720. The highest BCUT2D eigenvalue weighted by molar-refractivity contribution is 5.94. The van der Waals surface area contributed by atoms with Crippen LogP contribution in [0, 0.1) is 5.92 Å². The van der Waals surface area contributed by atoms with Crippen LogP contribution in [0.25, 0.3) is 0 Å². The number of amides is 6. The van der Waals surface area contributed by atoms with Crippen molar-refractivity contribution in [2.75, 3.05) is 40.4 Å². The number of fused-ring (bicyclic) bond motifs is 4. The van der Waals surface area contributed by atoms with E-state index in [0.717, 1.165) is 44.1 Å². The first-order valence-corrected chi connectivity index (χ1v) is 20.7. The van der Waals surface area contributed by atoms with Gasteiger partial charge in [0.05, 0.1) is 31.7 Å². The molecule has 2 aromatic rings. The van der Waals surface area contributed by atoms with Crippen LogP contribution >= 0.6 is 0 Å². The van der Waals surface area contributed by atoms with E-state index < -0.39 is 60.6 Å². The number of likely N-dealkylation sites (N-methyl/N-ethyl adjacent to an activating group) is 1. The van der Waals surface area contributed by atoms with Crippen LogP contribution < -0.4 is 26.0 Å². The number of aliphatic hydroxyl groups excluding tert-OH is 1. The molecule has 2 heterocycles. The van der Waals surface area contributed by atoms with Crippen LogP contribution in [0.2, 0.25) is 0 Å². The summed E-state index contributed by atoms with van der Waals surface area (Å²) in [6.45, 7) is 2.32. The summed E-state index contributed by atoms with van der Waals surface area (Å²) in [5.74, 6) is -2.53. The minimum Gasteiger partial charge on any atom is -0.494 e. The van der Waals surface area contributed by atoms with E-state index in [2.05, 4.69) is 21.3 Å². The van der Waals surface area contributed by atoms with Gasteiger partial charge >= 0.3 is 0 Å². The highest BCUT2D eigenvalue weighted by Crippen LogP contribution is 2.31. The Kier molecular flexibility index (Phi) is 16.5. The predicted octanol–water partition coefficient (Wildman–Crippen LogP) is 2.16. The Morgan fingerprint density at radius 3 is 2.41 bits per heavy atom. The minimum atomic E-state index is -1.73. The quantitative estimate of drug-likeness (QED) is 0.214. The minimum absolute atomic E-state index is 0.0610. The molecule has 0 radical (unpaired) electrons. The molecule has 6 atom stereocenters. The topological polar surface area (TPSA) is 196 Å². The summed E-state index contributed by atoms with van der Waals surface area (Å²) in [5, 5.41) is 22.2. The monoisotopic (exact) mass is 804 g/mol. The predicted molar refractivity (Wildman–Crippen MR) is 215 cm³/mol. The van der Waals surface area contributed by atoms with E-state index in [4.69, 9.17) is 9.47 Å². The standard InChI is InChI=1S/C43H60N6O9/c1-4-14-33(39(52)41(54)44-26-36(51)47-37(42(55)48(2)3)29-16-7-5-8-17-29)45-40(53)34-25-32-27-49(34)43(56)38(30-18-9-6-10-19-30)46-35(50)24-28-15-13-20-31(23-28)57-21-11-12-22-58-32/h5,7-8,13,15-17,20,23,30,32-34,37-39,52H,4,6,9-12,14,18-19,21-22,24-27H2,1-3H3,(H,44,54)(H,45,53)(H,46,50)(H,47,51)/t32-,33?,34+,37+,38+,39?/m1/s1. The zero-order chi connectivity index (χ0) is 41.6. The summed E-state index contributed by atoms with van der Waals surface area (Å²) in [6, 6.07) is 12.2. The van der Waals surface area contributed by atoms with Gasteiger partial charge in [0.1, 0.15) is 23.9 Å². The van der Waals surface area contributed by atoms with E-state index >= 15 is 0 Å². The van der Waals surface area contributed by atoms with Crippen molar-refractivity contribution in [2.24, 2.45) is 5.92 Å². The van der Waals surface area contributed by atoms with Crippen molar-refractivity contribution in [3.8, 4) is 5.75 Å². The molecule has 0 aromatic heterocycles. The van der Waals surface area contributed by atoms with Gasteiger partial charge in [0.25, 0.3) is 5.91 Å². The lowest BCUT2D eigenvalue weighted by Crippen LogP contribution is -2.58. The molecule has 4 bridgehead atoms. The SMILES string of the molecule is CCCC(NC(=O)[C@@H]1C[C@@H]2CN1C(=O)[C@H](C1CCCCC1)NC(=O)Cc1cccc(c1)OCCCCO2)C(O)C(=O)NCC(=O)N[C@H](C(=O)N(C)C)c1ccccc1. The maximum Gasteiger partial charge on any atom is 0.251 e. The largest absolute Gasteiger partial charge is 0.494 e. The van der Waals surface area contributed by atoms with Crippen molar-refractivity contribution in [1.29, 1.82) is 0 Å². The summed E-state index contributed by atoms with van der Waals surface area (Å²) < 4.78 is 12.1. The second-order valence-corrected chi connectivity index (χ2v) is 15.8. The molecule has 58 heavy (non-hydrogen) atoms. The lowest BCUT2D eigenvalue weighted by atomic mass is 9.83. The lowest BCUT2D eigenvalue weighted by molar-refractivity contribution is -0.144. The van der Waals surface area contributed by atoms with Gasteiger partial charge in [-0.1, -0.05) is 75.1 Å². The van der Waals surface area contributed by atoms with Crippen molar-refractivity contribution >= 4 is 35.4 Å². The van der Waals surface area contributed by atoms with E-state index in [0.29, 0.717) is 37.4 Å². The third-order valence-corrected chi connectivity index (χ3v) is 11.1. The van der Waals surface area contributed by atoms with E-state index in [1.54, 1.807) is 44.4 Å². The zero-order valence-corrected chi connectivity index (χ0v) is 34.0. The van der Waals surface area contributed by atoms with E-state index in [1.807, 2.05) is 31.2 Å². The molecule has 2 aromatic carbocycles. The molecular formula is C43H60N6O9. The number of aliphatic hydroxyl groups is 1. The molecule has 5 rings (SSSR count). The fourth-order valence-corrected chi connectivity index (χ4v) is 7.99. The maximum absolute atomic E-state index is 14.6. The second-order valence-electron chi connectivity index (χ2n) is 15.8. The van der Waals surface area contributed by atoms with Crippen LogP contribution in [-0.4, -0.2) is 121 Å². The summed E-state index contributed by atoms with van der Waals surface area (Å²) in [5.41, 5.74) is 1.33. The van der Waals surface area contributed by atoms with Gasteiger partial charge in [-0.3, -0.25) is 28.8 Å². The van der Waals surface area contributed by atoms with Crippen molar-refractivity contribution in [3.05, 3.63) is 65.7 Å². The lowest BCUT2D eigenvalue weighted by Gasteiger charge is -2.35. The van der Waals surface area contributed by atoms with Crippen LogP contribution in [0.3, 0.4) is 0 Å². The van der Waals surface area contributed by atoms with Gasteiger partial charge in [0, 0.05) is 33.7 Å². The summed E-state index contributed by atoms with van der Waals surface area (Å²) >= 11 is 0. The number of hydrogen-bond acceptors (Lipinski definition) is 9. The number of nitrogens with zero attached hydrogens (tertiary/aromatic N) is 2. The third kappa shape index (κ3) is 12.2. The van der Waals surface area contributed by atoms with Crippen LogP contribution in [-0.2, 0) is 39.9 Å². The molecule has 3 aliphatic rings.